The average molecular weight is 413 g/mol. The van der Waals surface area contributed by atoms with Crippen molar-refractivity contribution in [3.8, 4) is 0 Å². The summed E-state index contributed by atoms with van der Waals surface area (Å²) < 4.78 is 0. The Labute approximate surface area is 186 Å². The van der Waals surface area contributed by atoms with Crippen LogP contribution in [-0.4, -0.2) is 10.7 Å². The summed E-state index contributed by atoms with van der Waals surface area (Å²) in [5.41, 5.74) is 2.11. The molecule has 5 aliphatic rings. The third-order valence-corrected chi connectivity index (χ3v) is 11.6. The van der Waals surface area contributed by atoms with Crippen LogP contribution in [0.2, 0.25) is 0 Å². The van der Waals surface area contributed by atoms with E-state index >= 15 is 0 Å². The van der Waals surface area contributed by atoms with Crippen LogP contribution in [0.15, 0.2) is 11.6 Å². The number of rotatable bonds is 5. The second-order valence-electron chi connectivity index (χ2n) is 13.5. The lowest BCUT2D eigenvalue weighted by Crippen LogP contribution is -2.52. The molecule has 0 saturated heterocycles. The minimum atomic E-state index is -0.465. The minimum Gasteiger partial charge on any atom is -0.390 e. The lowest BCUT2D eigenvalue weighted by Gasteiger charge is -2.59. The summed E-state index contributed by atoms with van der Waals surface area (Å²) in [6, 6.07) is 0. The second kappa shape index (κ2) is 7.36. The minimum absolute atomic E-state index is 0.371. The first-order valence-electron chi connectivity index (χ1n) is 13.6. The zero-order valence-electron chi connectivity index (χ0n) is 20.6. The Balaban J connectivity index is 1.31. The van der Waals surface area contributed by atoms with E-state index in [0.29, 0.717) is 10.8 Å². The quantitative estimate of drug-likeness (QED) is 0.457. The van der Waals surface area contributed by atoms with E-state index in [0.717, 1.165) is 54.3 Å². The molecule has 0 spiro atoms. The zero-order chi connectivity index (χ0) is 21.3. The van der Waals surface area contributed by atoms with Gasteiger partial charge in [0.15, 0.2) is 0 Å². The Kier molecular flexibility index (Phi) is 5.28. The van der Waals surface area contributed by atoms with E-state index in [1.807, 2.05) is 0 Å². The highest BCUT2D eigenvalue weighted by Crippen LogP contribution is 2.67. The van der Waals surface area contributed by atoms with E-state index in [4.69, 9.17) is 0 Å². The molecule has 30 heavy (non-hydrogen) atoms. The van der Waals surface area contributed by atoms with E-state index in [1.54, 1.807) is 5.57 Å². The number of hydrogen-bond donors (Lipinski definition) is 1. The zero-order valence-corrected chi connectivity index (χ0v) is 20.6. The van der Waals surface area contributed by atoms with Crippen LogP contribution in [0.5, 0.6) is 0 Å². The van der Waals surface area contributed by atoms with Crippen molar-refractivity contribution in [1.82, 2.24) is 0 Å². The Morgan fingerprint density at radius 3 is 2.37 bits per heavy atom. The highest BCUT2D eigenvalue weighted by Gasteiger charge is 2.59. The van der Waals surface area contributed by atoms with Gasteiger partial charge < -0.3 is 5.11 Å². The van der Waals surface area contributed by atoms with E-state index < -0.39 is 5.60 Å². The van der Waals surface area contributed by atoms with Gasteiger partial charge >= 0.3 is 0 Å². The standard InChI is InChI=1S/C29H48O/c1-19(21-8-9-21)6-7-20(2)24-12-13-25-23-11-10-22-18-27(3,30)16-17-28(22,4)26(23)14-15-29(24,25)5/h10,19-21,23-26,30H,6-9,11-18H2,1-5H3/t19?,20-,23+,24?,25+,26+,27+,28+,29-/m1/s1. The lowest BCUT2D eigenvalue weighted by molar-refractivity contribution is -0.0706. The second-order valence-corrected chi connectivity index (χ2v) is 13.5. The van der Waals surface area contributed by atoms with Crippen molar-refractivity contribution in [2.75, 3.05) is 0 Å². The van der Waals surface area contributed by atoms with Crippen molar-refractivity contribution in [3.05, 3.63) is 11.6 Å². The summed E-state index contributed by atoms with van der Waals surface area (Å²) in [7, 11) is 0. The van der Waals surface area contributed by atoms with Crippen LogP contribution in [0.25, 0.3) is 0 Å². The smallest absolute Gasteiger partial charge is 0.0657 e. The van der Waals surface area contributed by atoms with Gasteiger partial charge in [0.25, 0.3) is 0 Å². The molecule has 5 aliphatic carbocycles. The van der Waals surface area contributed by atoms with Gasteiger partial charge in [-0.05, 0) is 123 Å². The molecule has 2 unspecified atom stereocenters. The van der Waals surface area contributed by atoms with Gasteiger partial charge in [-0.25, -0.2) is 0 Å². The van der Waals surface area contributed by atoms with Crippen LogP contribution in [0, 0.1) is 52.3 Å². The van der Waals surface area contributed by atoms with Crippen molar-refractivity contribution in [1.29, 1.82) is 0 Å². The Morgan fingerprint density at radius 2 is 1.63 bits per heavy atom. The van der Waals surface area contributed by atoms with Crippen LogP contribution < -0.4 is 0 Å². The summed E-state index contributed by atoms with van der Waals surface area (Å²) in [4.78, 5) is 0. The predicted molar refractivity (Wildman–Crippen MR) is 126 cm³/mol. The van der Waals surface area contributed by atoms with Gasteiger partial charge in [-0.1, -0.05) is 52.2 Å². The fourth-order valence-corrected chi connectivity index (χ4v) is 9.41. The molecule has 0 bridgehead atoms. The van der Waals surface area contributed by atoms with Gasteiger partial charge in [-0.2, -0.15) is 0 Å². The molecular formula is C29H48O. The van der Waals surface area contributed by atoms with Crippen molar-refractivity contribution in [3.63, 3.8) is 0 Å². The molecule has 9 atom stereocenters. The monoisotopic (exact) mass is 412 g/mol. The van der Waals surface area contributed by atoms with Crippen LogP contribution in [0.1, 0.15) is 112 Å². The van der Waals surface area contributed by atoms with E-state index in [2.05, 4.69) is 40.7 Å². The highest BCUT2D eigenvalue weighted by atomic mass is 16.3. The van der Waals surface area contributed by atoms with Gasteiger partial charge in [-0.3, -0.25) is 0 Å². The number of aliphatic hydroxyl groups is 1. The van der Waals surface area contributed by atoms with Crippen LogP contribution in [-0.2, 0) is 0 Å². The Morgan fingerprint density at radius 1 is 0.900 bits per heavy atom. The van der Waals surface area contributed by atoms with Crippen LogP contribution >= 0.6 is 0 Å². The van der Waals surface area contributed by atoms with Gasteiger partial charge in [-0.15, -0.1) is 0 Å². The Bertz CT molecular complexity index is 686. The average Bonchev–Trinajstić information content (AvgIpc) is 3.48. The maximum atomic E-state index is 10.7. The fourth-order valence-electron chi connectivity index (χ4n) is 9.41. The topological polar surface area (TPSA) is 20.2 Å². The highest BCUT2D eigenvalue weighted by molar-refractivity contribution is 5.26. The molecule has 1 heteroatoms. The maximum Gasteiger partial charge on any atom is 0.0657 e. The Hall–Kier alpha value is -0.300. The van der Waals surface area contributed by atoms with E-state index in [1.165, 1.54) is 64.2 Å². The van der Waals surface area contributed by atoms with Crippen molar-refractivity contribution in [2.45, 2.75) is 117 Å². The fraction of sp³-hybridized carbons (Fsp3) is 0.931. The SMILES string of the molecule is CC(CC[C@@H](C)C1CC[C@H]2[C@@H]3CC=C4C[C@@](C)(O)CC[C@]4(C)[C@H]3CC[C@]12C)C1CC1. The molecule has 4 fully saturated rings. The number of hydrogen-bond acceptors (Lipinski definition) is 1. The molecule has 0 heterocycles. The molecule has 0 amide bonds. The molecule has 0 aromatic rings. The van der Waals surface area contributed by atoms with Gasteiger partial charge in [0.1, 0.15) is 0 Å². The third kappa shape index (κ3) is 3.45. The third-order valence-electron chi connectivity index (χ3n) is 11.6. The van der Waals surface area contributed by atoms with Crippen molar-refractivity contribution >= 4 is 0 Å². The van der Waals surface area contributed by atoms with Crippen LogP contribution in [0.3, 0.4) is 0 Å². The lowest BCUT2D eigenvalue weighted by atomic mass is 9.46. The van der Waals surface area contributed by atoms with Gasteiger partial charge in [0, 0.05) is 0 Å². The van der Waals surface area contributed by atoms with E-state index in [9.17, 15) is 5.11 Å². The first-order chi connectivity index (χ1) is 14.1. The predicted octanol–water partition coefficient (Wildman–Crippen LogP) is 7.78. The summed E-state index contributed by atoms with van der Waals surface area (Å²) in [5, 5.41) is 10.7. The summed E-state index contributed by atoms with van der Waals surface area (Å²) in [5.74, 6) is 6.63. The molecule has 5 rings (SSSR count). The molecule has 0 aromatic heterocycles. The number of fused-ring (bicyclic) bond motifs is 5. The van der Waals surface area contributed by atoms with Crippen molar-refractivity contribution < 1.29 is 5.11 Å². The maximum absolute atomic E-state index is 10.7. The molecule has 170 valence electrons. The van der Waals surface area contributed by atoms with Gasteiger partial charge in [0.05, 0.1) is 5.60 Å². The molecule has 4 saturated carbocycles. The molecular weight excluding hydrogens is 364 g/mol. The molecule has 0 radical (unpaired) electrons. The van der Waals surface area contributed by atoms with Crippen molar-refractivity contribution in [2.24, 2.45) is 52.3 Å². The van der Waals surface area contributed by atoms with E-state index in [-0.39, 0.29) is 0 Å². The molecule has 1 N–H and O–H groups in total. The molecule has 1 nitrogen and oxygen atoms in total. The largest absolute Gasteiger partial charge is 0.390 e. The normalized spacial score (nSPS) is 50.1. The first kappa shape index (κ1) is 21.5. The summed E-state index contributed by atoms with van der Waals surface area (Å²) in [6.45, 7) is 12.5. The molecule has 0 aliphatic heterocycles. The first-order valence-corrected chi connectivity index (χ1v) is 13.6. The molecule has 0 aromatic carbocycles. The number of allylic oxidation sites excluding steroid dienone is 1. The summed E-state index contributed by atoms with van der Waals surface area (Å²) in [6.07, 6.45) is 18.9. The summed E-state index contributed by atoms with van der Waals surface area (Å²) >= 11 is 0. The van der Waals surface area contributed by atoms with Crippen LogP contribution in [0.4, 0.5) is 0 Å². The van der Waals surface area contributed by atoms with Gasteiger partial charge in [0.2, 0.25) is 0 Å².